The van der Waals surface area contributed by atoms with Crippen molar-refractivity contribution in [1.29, 1.82) is 0 Å². The highest BCUT2D eigenvalue weighted by Gasteiger charge is 2.17. The predicted molar refractivity (Wildman–Crippen MR) is 104 cm³/mol. The van der Waals surface area contributed by atoms with Crippen molar-refractivity contribution in [3.63, 3.8) is 0 Å². The summed E-state index contributed by atoms with van der Waals surface area (Å²) in [6.45, 7) is 1.88. The van der Waals surface area contributed by atoms with Gasteiger partial charge in [-0.25, -0.2) is 0 Å². The number of rotatable bonds is 7. The highest BCUT2D eigenvalue weighted by molar-refractivity contribution is 6.03. The Hall–Kier alpha value is -4.02. The average Bonchev–Trinajstić information content (AvgIpc) is 3.31. The lowest BCUT2D eigenvalue weighted by molar-refractivity contribution is -0.385. The Bertz CT molecular complexity index is 1060. The van der Waals surface area contributed by atoms with E-state index in [9.17, 15) is 19.7 Å². The van der Waals surface area contributed by atoms with Crippen molar-refractivity contribution in [1.82, 2.24) is 19.6 Å². The predicted octanol–water partition coefficient (Wildman–Crippen LogP) is 2.05. The first-order valence-electron chi connectivity index (χ1n) is 8.70. The Morgan fingerprint density at radius 1 is 1.24 bits per heavy atom. The number of hydrogen-bond donors (Lipinski definition) is 2. The molecule has 3 aromatic rings. The van der Waals surface area contributed by atoms with Gasteiger partial charge in [0, 0.05) is 24.6 Å². The number of carbonyl (C=O) groups is 2. The first kappa shape index (κ1) is 19.7. The van der Waals surface area contributed by atoms with Crippen LogP contribution in [0.15, 0.2) is 48.9 Å². The van der Waals surface area contributed by atoms with Gasteiger partial charge in [0.15, 0.2) is 5.69 Å². The molecule has 2 amide bonds. The molecule has 2 aromatic heterocycles. The van der Waals surface area contributed by atoms with E-state index in [0.29, 0.717) is 11.4 Å². The zero-order chi connectivity index (χ0) is 21.0. The molecule has 0 aliphatic carbocycles. The van der Waals surface area contributed by atoms with Gasteiger partial charge in [-0.15, -0.1) is 0 Å². The van der Waals surface area contributed by atoms with Crippen LogP contribution in [-0.2, 0) is 18.4 Å². The van der Waals surface area contributed by atoms with Crippen molar-refractivity contribution < 1.29 is 14.5 Å². The van der Waals surface area contributed by atoms with Gasteiger partial charge in [0.1, 0.15) is 12.4 Å². The molecule has 2 heterocycles. The molecule has 150 valence electrons. The van der Waals surface area contributed by atoms with Gasteiger partial charge in [-0.2, -0.15) is 10.2 Å². The molecule has 0 aliphatic heterocycles. The van der Waals surface area contributed by atoms with E-state index >= 15 is 0 Å². The Balaban J connectivity index is 1.60. The van der Waals surface area contributed by atoms with E-state index in [-0.39, 0.29) is 29.7 Å². The lowest BCUT2D eigenvalue weighted by Crippen LogP contribution is -2.24. The number of carbonyl (C=O) groups excluding carboxylic acids is 2. The Labute approximate surface area is 165 Å². The van der Waals surface area contributed by atoms with Gasteiger partial charge in [0.2, 0.25) is 5.91 Å². The SMILES string of the molecule is CC(Cn1cc([N+](=O)[O-])cn1)C(=O)Nc1cccc(NC(=O)c2ccn(C)n2)c1. The molecule has 29 heavy (non-hydrogen) atoms. The van der Waals surface area contributed by atoms with Gasteiger partial charge in [0.25, 0.3) is 5.91 Å². The fourth-order valence-electron chi connectivity index (χ4n) is 2.58. The topological polar surface area (TPSA) is 137 Å². The number of nitrogens with one attached hydrogen (secondary N) is 2. The Kier molecular flexibility index (Phi) is 5.67. The third kappa shape index (κ3) is 5.03. The molecule has 0 saturated carbocycles. The summed E-state index contributed by atoms with van der Waals surface area (Å²) < 4.78 is 2.88. The second-order valence-electron chi connectivity index (χ2n) is 6.48. The molecule has 0 aliphatic rings. The first-order valence-corrected chi connectivity index (χ1v) is 8.70. The minimum Gasteiger partial charge on any atom is -0.326 e. The van der Waals surface area contributed by atoms with Crippen LogP contribution in [0.25, 0.3) is 0 Å². The molecule has 0 saturated heterocycles. The number of hydrogen-bond acceptors (Lipinski definition) is 6. The molecular weight excluding hydrogens is 378 g/mol. The van der Waals surface area contributed by atoms with E-state index in [1.807, 2.05) is 0 Å². The molecule has 0 radical (unpaired) electrons. The highest BCUT2D eigenvalue weighted by atomic mass is 16.6. The summed E-state index contributed by atoms with van der Waals surface area (Å²) in [4.78, 5) is 34.8. The van der Waals surface area contributed by atoms with E-state index in [1.54, 1.807) is 50.5 Å². The van der Waals surface area contributed by atoms with Crippen molar-refractivity contribution in [2.75, 3.05) is 10.6 Å². The van der Waals surface area contributed by atoms with Gasteiger partial charge in [-0.1, -0.05) is 13.0 Å². The number of nitrogens with zero attached hydrogens (tertiary/aromatic N) is 5. The molecule has 1 aromatic carbocycles. The van der Waals surface area contributed by atoms with Crippen molar-refractivity contribution in [2.45, 2.75) is 13.5 Å². The van der Waals surface area contributed by atoms with Crippen molar-refractivity contribution in [3.05, 3.63) is 64.7 Å². The van der Waals surface area contributed by atoms with Crippen LogP contribution in [0.4, 0.5) is 17.1 Å². The summed E-state index contributed by atoms with van der Waals surface area (Å²) >= 11 is 0. The minimum absolute atomic E-state index is 0.131. The monoisotopic (exact) mass is 397 g/mol. The van der Waals surface area contributed by atoms with Crippen LogP contribution in [0.2, 0.25) is 0 Å². The molecule has 11 nitrogen and oxygen atoms in total. The summed E-state index contributed by atoms with van der Waals surface area (Å²) in [5.41, 5.74) is 1.17. The Morgan fingerprint density at radius 3 is 2.59 bits per heavy atom. The van der Waals surface area contributed by atoms with Gasteiger partial charge in [-0.3, -0.25) is 29.1 Å². The average molecular weight is 397 g/mol. The standard InChI is InChI=1S/C18H19N7O4/c1-12(10-24-11-15(9-19-24)25(28)29)17(26)20-13-4-3-5-14(8-13)21-18(27)16-6-7-23(2)22-16/h3-9,11-12H,10H2,1-2H3,(H,20,26)(H,21,27). The lowest BCUT2D eigenvalue weighted by Gasteiger charge is -2.13. The van der Waals surface area contributed by atoms with E-state index in [2.05, 4.69) is 20.8 Å². The summed E-state index contributed by atoms with van der Waals surface area (Å²) in [5, 5.41) is 24.1. The van der Waals surface area contributed by atoms with Crippen LogP contribution in [-0.4, -0.2) is 36.3 Å². The van der Waals surface area contributed by atoms with Crippen LogP contribution in [0.3, 0.4) is 0 Å². The van der Waals surface area contributed by atoms with E-state index in [1.165, 1.54) is 15.6 Å². The van der Waals surface area contributed by atoms with Crippen LogP contribution in [0.1, 0.15) is 17.4 Å². The fourth-order valence-corrected chi connectivity index (χ4v) is 2.58. The third-order valence-corrected chi connectivity index (χ3v) is 4.07. The highest BCUT2D eigenvalue weighted by Crippen LogP contribution is 2.17. The molecule has 0 bridgehead atoms. The fraction of sp³-hybridized carbons (Fsp3) is 0.222. The zero-order valence-electron chi connectivity index (χ0n) is 15.8. The quantitative estimate of drug-likeness (QED) is 0.462. The molecular formula is C18H19N7O4. The summed E-state index contributed by atoms with van der Waals surface area (Å²) in [6.07, 6.45) is 4.08. The lowest BCUT2D eigenvalue weighted by atomic mass is 10.1. The molecule has 3 rings (SSSR count). The maximum atomic E-state index is 12.4. The molecule has 1 unspecified atom stereocenters. The van der Waals surface area contributed by atoms with Crippen LogP contribution in [0, 0.1) is 16.0 Å². The van der Waals surface area contributed by atoms with Crippen LogP contribution in [0.5, 0.6) is 0 Å². The van der Waals surface area contributed by atoms with Gasteiger partial charge >= 0.3 is 5.69 Å². The normalized spacial score (nSPS) is 11.7. The van der Waals surface area contributed by atoms with Gasteiger partial charge in [-0.05, 0) is 24.3 Å². The van der Waals surface area contributed by atoms with E-state index in [4.69, 9.17) is 0 Å². The first-order chi connectivity index (χ1) is 13.8. The molecule has 11 heteroatoms. The van der Waals surface area contributed by atoms with Crippen LogP contribution < -0.4 is 10.6 Å². The molecule has 0 fully saturated rings. The number of aryl methyl sites for hydroxylation is 1. The number of aromatic nitrogens is 4. The molecule has 0 spiro atoms. The Morgan fingerprint density at radius 2 is 1.97 bits per heavy atom. The van der Waals surface area contributed by atoms with Crippen molar-refractivity contribution in [2.24, 2.45) is 13.0 Å². The maximum absolute atomic E-state index is 12.4. The molecule has 2 N–H and O–H groups in total. The zero-order valence-corrected chi connectivity index (χ0v) is 15.8. The smallest absolute Gasteiger partial charge is 0.306 e. The van der Waals surface area contributed by atoms with Crippen molar-refractivity contribution >= 4 is 28.9 Å². The summed E-state index contributed by atoms with van der Waals surface area (Å²) in [7, 11) is 1.72. The second kappa shape index (κ2) is 8.33. The van der Waals surface area contributed by atoms with Crippen molar-refractivity contribution in [3.8, 4) is 0 Å². The summed E-state index contributed by atoms with van der Waals surface area (Å²) in [5.74, 6) is -1.12. The van der Waals surface area contributed by atoms with E-state index < -0.39 is 10.8 Å². The second-order valence-corrected chi connectivity index (χ2v) is 6.48. The number of amides is 2. The molecule has 1 atom stereocenters. The number of benzene rings is 1. The van der Waals surface area contributed by atoms with Gasteiger partial charge in [0.05, 0.1) is 17.4 Å². The summed E-state index contributed by atoms with van der Waals surface area (Å²) in [6, 6.07) is 8.32. The number of anilines is 2. The third-order valence-electron chi connectivity index (χ3n) is 4.07. The number of nitro groups is 1. The van der Waals surface area contributed by atoms with E-state index in [0.717, 1.165) is 6.20 Å². The van der Waals surface area contributed by atoms with Crippen LogP contribution >= 0.6 is 0 Å². The van der Waals surface area contributed by atoms with Gasteiger partial charge < -0.3 is 10.6 Å². The maximum Gasteiger partial charge on any atom is 0.306 e. The largest absolute Gasteiger partial charge is 0.326 e. The minimum atomic E-state index is -0.543.